The first kappa shape index (κ1) is 22.8. The first-order valence-corrected chi connectivity index (χ1v) is 11.2. The van der Waals surface area contributed by atoms with Gasteiger partial charge in [0.1, 0.15) is 0 Å². The highest BCUT2D eigenvalue weighted by Gasteiger charge is 2.11. The van der Waals surface area contributed by atoms with Crippen LogP contribution in [0.2, 0.25) is 0 Å². The fourth-order valence-corrected chi connectivity index (χ4v) is 3.79. The fourth-order valence-electron chi connectivity index (χ4n) is 3.79. The Balaban J connectivity index is 2.29. The second kappa shape index (κ2) is 15.9. The molecule has 0 aliphatic heterocycles. The summed E-state index contributed by atoms with van der Waals surface area (Å²) in [4.78, 5) is 0. The van der Waals surface area contributed by atoms with Gasteiger partial charge in [-0.3, -0.25) is 0 Å². The third-order valence-corrected chi connectivity index (χ3v) is 5.55. The minimum Gasteiger partial charge on any atom is -0.198 e. The van der Waals surface area contributed by atoms with E-state index in [1.165, 1.54) is 94.6 Å². The number of nitrogens with zero attached hydrogens (tertiary/aromatic N) is 1. The average molecular weight is 356 g/mol. The summed E-state index contributed by atoms with van der Waals surface area (Å²) in [5.74, 6) is 0.728. The lowest BCUT2D eigenvalue weighted by Gasteiger charge is -2.18. The molecule has 1 aromatic carbocycles. The number of benzene rings is 1. The van der Waals surface area contributed by atoms with E-state index in [1.54, 1.807) is 0 Å². The Morgan fingerprint density at radius 3 is 1.77 bits per heavy atom. The van der Waals surface area contributed by atoms with Crippen LogP contribution in [0.25, 0.3) is 0 Å². The third kappa shape index (κ3) is 11.3. The summed E-state index contributed by atoms with van der Waals surface area (Å²) >= 11 is 0. The molecule has 146 valence electrons. The molecular formula is C25H41N. The summed E-state index contributed by atoms with van der Waals surface area (Å²) in [5.41, 5.74) is 2.90. The Morgan fingerprint density at radius 1 is 0.731 bits per heavy atom. The maximum Gasteiger partial charge on any atom is 0.0621 e. The zero-order valence-electron chi connectivity index (χ0n) is 17.4. The summed E-state index contributed by atoms with van der Waals surface area (Å²) in [6, 6.07) is 11.5. The highest BCUT2D eigenvalue weighted by Crippen LogP contribution is 2.29. The van der Waals surface area contributed by atoms with Crippen molar-refractivity contribution in [3.8, 4) is 6.07 Å². The fraction of sp³-hybridized carbons (Fsp3) is 0.720. The van der Waals surface area contributed by atoms with E-state index in [2.05, 4.69) is 44.2 Å². The van der Waals surface area contributed by atoms with E-state index in [4.69, 9.17) is 5.26 Å². The molecule has 0 fully saturated rings. The standard InChI is InChI=1S/C25H41N/c1-3-4-5-6-7-8-10-13-16-24(17-14-11-9-12-15-22-26)25-20-18-23(2)19-21-25/h18-21,24H,3-17H2,1-2H3/t24-/m1/s1. The number of rotatable bonds is 16. The van der Waals surface area contributed by atoms with Gasteiger partial charge in [0.2, 0.25) is 0 Å². The first-order valence-electron chi connectivity index (χ1n) is 11.2. The van der Waals surface area contributed by atoms with Gasteiger partial charge in [-0.15, -0.1) is 0 Å². The van der Waals surface area contributed by atoms with Crippen LogP contribution < -0.4 is 0 Å². The normalized spacial score (nSPS) is 12.0. The van der Waals surface area contributed by atoms with Crippen LogP contribution in [0, 0.1) is 18.3 Å². The molecule has 1 rings (SSSR count). The van der Waals surface area contributed by atoms with E-state index >= 15 is 0 Å². The predicted octanol–water partition coefficient (Wildman–Crippen LogP) is 8.47. The second-order valence-corrected chi connectivity index (χ2v) is 7.98. The zero-order valence-corrected chi connectivity index (χ0v) is 17.4. The summed E-state index contributed by atoms with van der Waals surface area (Å²) in [7, 11) is 0. The van der Waals surface area contributed by atoms with Crippen LogP contribution in [0.15, 0.2) is 24.3 Å². The van der Waals surface area contributed by atoms with E-state index in [-0.39, 0.29) is 0 Å². The molecule has 0 aliphatic rings. The van der Waals surface area contributed by atoms with Gasteiger partial charge < -0.3 is 0 Å². The topological polar surface area (TPSA) is 23.8 Å². The zero-order chi connectivity index (χ0) is 18.9. The first-order chi connectivity index (χ1) is 12.8. The Labute approximate surface area is 163 Å². The van der Waals surface area contributed by atoms with E-state index in [0.717, 1.165) is 18.8 Å². The van der Waals surface area contributed by atoms with Gasteiger partial charge >= 0.3 is 0 Å². The van der Waals surface area contributed by atoms with E-state index in [1.807, 2.05) is 0 Å². The lowest BCUT2D eigenvalue weighted by molar-refractivity contribution is 0.487. The maximum atomic E-state index is 8.63. The third-order valence-electron chi connectivity index (χ3n) is 5.55. The van der Waals surface area contributed by atoms with E-state index in [0.29, 0.717) is 0 Å². The van der Waals surface area contributed by atoms with Gasteiger partial charge in [-0.05, 0) is 37.7 Å². The molecule has 1 nitrogen and oxygen atoms in total. The summed E-state index contributed by atoms with van der Waals surface area (Å²) < 4.78 is 0. The quantitative estimate of drug-likeness (QED) is 0.273. The summed E-state index contributed by atoms with van der Waals surface area (Å²) in [6.07, 6.45) is 19.5. The molecule has 26 heavy (non-hydrogen) atoms. The highest BCUT2D eigenvalue weighted by atomic mass is 14.2. The maximum absolute atomic E-state index is 8.63. The van der Waals surface area contributed by atoms with Gasteiger partial charge in [-0.1, -0.05) is 107 Å². The van der Waals surface area contributed by atoms with Crippen molar-refractivity contribution in [2.24, 2.45) is 0 Å². The van der Waals surface area contributed by atoms with Gasteiger partial charge in [0.05, 0.1) is 6.07 Å². The molecule has 0 aromatic heterocycles. The molecule has 1 atom stereocenters. The number of unbranched alkanes of at least 4 members (excludes halogenated alkanes) is 11. The largest absolute Gasteiger partial charge is 0.198 e. The number of hydrogen-bond donors (Lipinski definition) is 0. The van der Waals surface area contributed by atoms with Gasteiger partial charge in [0.15, 0.2) is 0 Å². The SMILES string of the molecule is CCCCCCCCCC[C@H](CCCCCCC#N)c1ccc(C)cc1. The van der Waals surface area contributed by atoms with Crippen molar-refractivity contribution >= 4 is 0 Å². The minimum absolute atomic E-state index is 0.722. The smallest absolute Gasteiger partial charge is 0.0621 e. The summed E-state index contributed by atoms with van der Waals surface area (Å²) in [5, 5.41) is 8.63. The minimum atomic E-state index is 0.722. The molecule has 0 saturated carbocycles. The molecule has 0 saturated heterocycles. The van der Waals surface area contributed by atoms with Crippen LogP contribution in [0.5, 0.6) is 0 Å². The molecule has 0 spiro atoms. The second-order valence-electron chi connectivity index (χ2n) is 7.98. The van der Waals surface area contributed by atoms with Crippen LogP contribution >= 0.6 is 0 Å². The molecule has 0 unspecified atom stereocenters. The monoisotopic (exact) mass is 355 g/mol. The Morgan fingerprint density at radius 2 is 1.23 bits per heavy atom. The molecule has 0 heterocycles. The van der Waals surface area contributed by atoms with Crippen LogP contribution in [0.1, 0.15) is 120 Å². The summed E-state index contributed by atoms with van der Waals surface area (Å²) in [6.45, 7) is 4.46. The molecule has 0 amide bonds. The van der Waals surface area contributed by atoms with E-state index in [9.17, 15) is 0 Å². The lowest BCUT2D eigenvalue weighted by atomic mass is 9.88. The van der Waals surface area contributed by atoms with Crippen molar-refractivity contribution in [3.05, 3.63) is 35.4 Å². The molecule has 1 aromatic rings. The van der Waals surface area contributed by atoms with Crippen LogP contribution in [0.4, 0.5) is 0 Å². The predicted molar refractivity (Wildman–Crippen MR) is 114 cm³/mol. The van der Waals surface area contributed by atoms with Crippen molar-refractivity contribution < 1.29 is 0 Å². The van der Waals surface area contributed by atoms with Crippen LogP contribution in [0.3, 0.4) is 0 Å². The Bertz CT molecular complexity index is 468. The Kier molecular flexibility index (Phi) is 13.9. The number of hydrogen-bond acceptors (Lipinski definition) is 1. The average Bonchev–Trinajstić information content (AvgIpc) is 2.65. The number of nitriles is 1. The Hall–Kier alpha value is -1.29. The highest BCUT2D eigenvalue weighted by molar-refractivity contribution is 5.24. The van der Waals surface area contributed by atoms with Crippen LogP contribution in [-0.4, -0.2) is 0 Å². The molecule has 0 aliphatic carbocycles. The molecule has 0 bridgehead atoms. The van der Waals surface area contributed by atoms with Crippen molar-refractivity contribution in [3.63, 3.8) is 0 Å². The van der Waals surface area contributed by atoms with Crippen molar-refractivity contribution in [2.45, 2.75) is 116 Å². The lowest BCUT2D eigenvalue weighted by Crippen LogP contribution is -2.00. The van der Waals surface area contributed by atoms with Crippen molar-refractivity contribution in [1.29, 1.82) is 5.26 Å². The molecule has 1 heteroatoms. The number of aryl methyl sites for hydroxylation is 1. The van der Waals surface area contributed by atoms with Gasteiger partial charge in [0.25, 0.3) is 0 Å². The van der Waals surface area contributed by atoms with Gasteiger partial charge in [-0.2, -0.15) is 5.26 Å². The molecule has 0 N–H and O–H groups in total. The van der Waals surface area contributed by atoms with Crippen molar-refractivity contribution in [2.75, 3.05) is 0 Å². The molecular weight excluding hydrogens is 314 g/mol. The molecule has 0 radical (unpaired) electrons. The van der Waals surface area contributed by atoms with Gasteiger partial charge in [0, 0.05) is 6.42 Å². The van der Waals surface area contributed by atoms with E-state index < -0.39 is 0 Å². The van der Waals surface area contributed by atoms with Gasteiger partial charge in [-0.25, -0.2) is 0 Å². The van der Waals surface area contributed by atoms with Crippen molar-refractivity contribution in [1.82, 2.24) is 0 Å². The van der Waals surface area contributed by atoms with Crippen LogP contribution in [-0.2, 0) is 0 Å².